The Hall–Kier alpha value is -14.6. The summed E-state index contributed by atoms with van der Waals surface area (Å²) in [5, 5.41) is 35.8. The molecule has 125 heavy (non-hydrogen) atoms. The van der Waals surface area contributed by atoms with Gasteiger partial charge >= 0.3 is 0 Å². The molecule has 9 aromatic heterocycles. The van der Waals surface area contributed by atoms with E-state index in [1.54, 1.807) is 124 Å². The van der Waals surface area contributed by atoms with E-state index in [0.717, 1.165) is 86.6 Å². The lowest BCUT2D eigenvalue weighted by molar-refractivity contribution is -0.133. The second-order valence-corrected chi connectivity index (χ2v) is 35.3. The summed E-state index contributed by atoms with van der Waals surface area (Å²) < 4.78 is 13.3. The number of anilines is 4. The van der Waals surface area contributed by atoms with Gasteiger partial charge in [-0.15, -0.1) is 45.3 Å². The average Bonchev–Trinajstić information content (AvgIpc) is 1.59. The van der Waals surface area contributed by atoms with Crippen LogP contribution in [0.5, 0.6) is 0 Å². The average molecular weight is 1740 g/mol. The van der Waals surface area contributed by atoms with E-state index in [4.69, 9.17) is 42.9 Å². The molecule has 626 valence electrons. The Labute approximate surface area is 734 Å². The second-order valence-electron chi connectivity index (χ2n) is 31.6. The van der Waals surface area contributed by atoms with Crippen LogP contribution in [0.3, 0.4) is 0 Å². The number of benzene rings is 3. The van der Waals surface area contributed by atoms with Crippen molar-refractivity contribution in [3.8, 4) is 62.7 Å². The SMILES string of the molecule is CN1C(=O)C2CN(c3ccc(F)cn3)C[C@]2(c2cc(-c3cncnc3)cs2)N=C1N.CN1C(=O)C2CN(c3cnccn3)C[C@]2(c2cc(-c3cccc(C#N)c3)cs2)N=C1N.Cc1ccc(N2CC3C(=O)N(C)C(N)=N[C@@]3(c3cc(-c4cccc(C#N)c4)cs3)C2)cn1.Cc1ccccc1N1CC2C(=O)N(C)C(N)=N[C@@]2(c2cc(-c3cncc(C#N)c3)cs2)C1. The number of nitriles is 3. The van der Waals surface area contributed by atoms with Crippen LogP contribution in [-0.4, -0.2) is 183 Å². The highest BCUT2D eigenvalue weighted by Crippen LogP contribution is 2.53. The molecule has 12 aromatic rings. The van der Waals surface area contributed by atoms with Gasteiger partial charge in [0.05, 0.1) is 89.9 Å². The number of nitrogens with zero attached hydrogens (tertiary/aromatic N) is 22. The summed E-state index contributed by atoms with van der Waals surface area (Å²) in [4.78, 5) is 120. The Kier molecular flexibility index (Phi) is 22.1. The van der Waals surface area contributed by atoms with E-state index in [1.807, 2.05) is 112 Å². The normalized spacial score (nSPS) is 22.8. The minimum absolute atomic E-state index is 0.0170. The minimum Gasteiger partial charge on any atom is -0.369 e. The lowest BCUT2D eigenvalue weighted by Gasteiger charge is -2.36. The van der Waals surface area contributed by atoms with Crippen LogP contribution >= 0.6 is 45.3 Å². The van der Waals surface area contributed by atoms with Gasteiger partial charge in [0.2, 0.25) is 23.6 Å². The third kappa shape index (κ3) is 15.2. The number of carbonyl (C=O) groups excluding carboxylic acids is 4. The molecule has 4 amide bonds. The number of aromatic nitrogens is 7. The molecule has 30 nitrogen and oxygen atoms in total. The van der Waals surface area contributed by atoms with Gasteiger partial charge < -0.3 is 42.5 Å². The van der Waals surface area contributed by atoms with Gasteiger partial charge in [-0.3, -0.25) is 53.7 Å². The van der Waals surface area contributed by atoms with Crippen molar-refractivity contribution in [2.24, 2.45) is 66.6 Å². The summed E-state index contributed by atoms with van der Waals surface area (Å²) in [6.07, 6.45) is 16.2. The van der Waals surface area contributed by atoms with Crippen LogP contribution < -0.4 is 42.5 Å². The predicted molar refractivity (Wildman–Crippen MR) is 480 cm³/mol. The predicted octanol–water partition coefficient (Wildman–Crippen LogP) is 10.3. The Morgan fingerprint density at radius 2 is 0.824 bits per heavy atom. The molecule has 8 aliphatic heterocycles. The molecular formula is C90H81FN26O4S4. The molecule has 8 N–H and O–H groups in total. The number of guanidine groups is 4. The number of amides is 4. The van der Waals surface area contributed by atoms with Gasteiger partial charge in [0.25, 0.3) is 0 Å². The molecule has 17 heterocycles. The largest absolute Gasteiger partial charge is 0.369 e. The van der Waals surface area contributed by atoms with E-state index in [-0.39, 0.29) is 65.2 Å². The smallest absolute Gasteiger partial charge is 0.236 e. The highest BCUT2D eigenvalue weighted by Gasteiger charge is 2.61. The van der Waals surface area contributed by atoms with Gasteiger partial charge in [0, 0.05) is 147 Å². The Morgan fingerprint density at radius 1 is 0.392 bits per heavy atom. The maximum atomic E-state index is 13.3. The standard InChI is InChI=1S/2C24H22N6OS.C22H19N7OS.C20H18FN7OS/c1-15-6-7-19(11-27-15)30-12-20-22(31)29(2)23(26)28-24(20,14-30)21-9-18(13-32-21)17-5-3-4-16(8-17)10-25;1-15-5-3-4-6-20(15)30-12-19-22(31)29(2)23(26)28-24(19,14-30)21-8-18(13-32-21)17-7-16(9-25)10-27-11-17;1-28-20(30)17-11-29(19-10-25-5-6-26-19)13-22(17,27-21(28)24)18-8-16(12-31-18)15-4-2-3-14(7-15)9-23;1-27-18(29)15-8-28(17-3-2-14(21)7-25-17)10-20(15,26-19(27)22)16-4-12(9-30-16)13-5-23-11-24-6-13/h3-9,11,13,20H,12,14H2,1-2H3,(H2,26,28);3-8,10-11,13,19H,12,14H2,1-2H3,(H2,26,28);2-8,10,12,17H,11,13H2,1H3,(H2,24,27);2-7,9,11,15H,8,10H2,1H3,(H2,22,26)/t20?,24-;19?,24-;17?,22-;15?,20-/m0000/s1. The Balaban J connectivity index is 0.000000118. The van der Waals surface area contributed by atoms with Crippen LogP contribution in [0.4, 0.5) is 27.4 Å². The summed E-state index contributed by atoms with van der Waals surface area (Å²) in [5.74, 6) is 0.0715. The van der Waals surface area contributed by atoms with Gasteiger partial charge in [-0.2, -0.15) is 15.8 Å². The summed E-state index contributed by atoms with van der Waals surface area (Å²) in [6, 6.07) is 46.7. The molecule has 4 unspecified atom stereocenters. The zero-order chi connectivity index (χ0) is 87.4. The maximum absolute atomic E-state index is 13.3. The number of halogens is 1. The summed E-state index contributed by atoms with van der Waals surface area (Å²) in [6.45, 7) is 8.05. The molecule has 35 heteroatoms. The van der Waals surface area contributed by atoms with Crippen molar-refractivity contribution < 1.29 is 23.6 Å². The van der Waals surface area contributed by atoms with E-state index < -0.39 is 33.9 Å². The number of aliphatic imine (C=N–C) groups is 4. The zero-order valence-electron chi connectivity index (χ0n) is 68.5. The third-order valence-corrected chi connectivity index (χ3v) is 28.7. The molecule has 0 saturated carbocycles. The van der Waals surface area contributed by atoms with Crippen molar-refractivity contribution >= 4 is 116 Å². The van der Waals surface area contributed by atoms with Crippen molar-refractivity contribution in [2.75, 3.05) is 100 Å². The second kappa shape index (κ2) is 33.3. The zero-order valence-corrected chi connectivity index (χ0v) is 71.7. The van der Waals surface area contributed by atoms with E-state index >= 15 is 0 Å². The minimum atomic E-state index is -0.831. The third-order valence-electron chi connectivity index (χ3n) is 24.3. The van der Waals surface area contributed by atoms with Gasteiger partial charge in [-0.25, -0.2) is 44.3 Å². The first-order valence-corrected chi connectivity index (χ1v) is 43.2. The van der Waals surface area contributed by atoms with Crippen molar-refractivity contribution in [2.45, 2.75) is 36.0 Å². The van der Waals surface area contributed by atoms with E-state index in [0.29, 0.717) is 80.7 Å². The summed E-state index contributed by atoms with van der Waals surface area (Å²) >= 11 is 6.23. The highest BCUT2D eigenvalue weighted by molar-refractivity contribution is 7.11. The number of pyridine rings is 3. The fourth-order valence-corrected chi connectivity index (χ4v) is 21.9. The van der Waals surface area contributed by atoms with Gasteiger partial charge in [-0.05, 0) is 159 Å². The van der Waals surface area contributed by atoms with Crippen LogP contribution in [0.1, 0.15) is 47.5 Å². The molecule has 4 fully saturated rings. The van der Waals surface area contributed by atoms with Gasteiger partial charge in [-0.1, -0.05) is 42.5 Å². The first kappa shape index (κ1) is 82.7. The van der Waals surface area contributed by atoms with Crippen LogP contribution in [-0.2, 0) is 41.3 Å². The maximum Gasteiger partial charge on any atom is 0.236 e. The molecule has 8 aliphatic rings. The van der Waals surface area contributed by atoms with E-state index in [1.165, 1.54) is 49.5 Å². The van der Waals surface area contributed by atoms with Gasteiger partial charge in [0.15, 0.2) is 23.8 Å². The van der Waals surface area contributed by atoms with Crippen LogP contribution in [0.15, 0.2) is 231 Å². The summed E-state index contributed by atoms with van der Waals surface area (Å²) in [7, 11) is 6.64. The van der Waals surface area contributed by atoms with Crippen LogP contribution in [0.2, 0.25) is 0 Å². The number of thiophene rings is 4. The lowest BCUT2D eigenvalue weighted by Crippen LogP contribution is -2.54. The molecular weight excluding hydrogens is 1660 g/mol. The number of aryl methyl sites for hydroxylation is 2. The monoisotopic (exact) mass is 1740 g/mol. The molecule has 3 aromatic carbocycles. The van der Waals surface area contributed by atoms with Crippen LogP contribution in [0.25, 0.3) is 44.5 Å². The molecule has 0 spiro atoms. The number of carbonyl (C=O) groups is 4. The topological polar surface area (TPSA) is 409 Å². The van der Waals surface area contributed by atoms with E-state index in [9.17, 15) is 39.4 Å². The molecule has 8 atom stereocenters. The number of rotatable bonds is 12. The Morgan fingerprint density at radius 3 is 1.27 bits per heavy atom. The fourth-order valence-electron chi connectivity index (χ4n) is 17.5. The van der Waals surface area contributed by atoms with E-state index in [2.05, 4.69) is 106 Å². The van der Waals surface area contributed by atoms with Crippen molar-refractivity contribution in [1.82, 2.24) is 54.5 Å². The number of hydrogen-bond donors (Lipinski definition) is 4. The highest BCUT2D eigenvalue weighted by atomic mass is 32.1. The molecule has 4 saturated heterocycles. The van der Waals surface area contributed by atoms with Crippen molar-refractivity contribution in [3.63, 3.8) is 0 Å². The van der Waals surface area contributed by atoms with Crippen molar-refractivity contribution in [1.29, 1.82) is 15.8 Å². The molecule has 0 aliphatic carbocycles. The number of hydrogen-bond acceptors (Lipinski definition) is 30. The molecule has 0 bridgehead atoms. The first-order chi connectivity index (χ1) is 60.3. The van der Waals surface area contributed by atoms with Gasteiger partial charge in [0.1, 0.15) is 52.0 Å². The Bertz CT molecular complexity index is 6480. The fraction of sp³-hybridized carbons (Fsp3) is 0.244. The summed E-state index contributed by atoms with van der Waals surface area (Å²) in [5.41, 5.74) is 35.1. The quantitative estimate of drug-likeness (QED) is 0.0883. The first-order valence-electron chi connectivity index (χ1n) is 39.7. The number of fused-ring (bicyclic) bond motifs is 4. The number of para-hydroxylation sites is 1. The molecule has 20 rings (SSSR count). The number of nitrogens with two attached hydrogens (primary N) is 4. The molecule has 0 radical (unpaired) electrons. The van der Waals surface area contributed by atoms with Crippen molar-refractivity contribution in [3.05, 3.63) is 264 Å². The lowest BCUT2D eigenvalue weighted by atomic mass is 9.83. The van der Waals surface area contributed by atoms with Crippen LogP contribution in [0, 0.1) is 77.3 Å².